The molecule has 0 unspecified atom stereocenters. The van der Waals surface area contributed by atoms with Crippen LogP contribution in [0.3, 0.4) is 0 Å². The van der Waals surface area contributed by atoms with E-state index in [9.17, 15) is 8.42 Å². The summed E-state index contributed by atoms with van der Waals surface area (Å²) in [6, 6.07) is 0. The molecule has 1 saturated carbocycles. The van der Waals surface area contributed by atoms with E-state index in [0.29, 0.717) is 0 Å². The largest absolute Gasteiger partial charge is 0.229 e. The first-order chi connectivity index (χ1) is 5.47. The summed E-state index contributed by atoms with van der Waals surface area (Å²) in [5.41, 5.74) is 0.0440. The highest BCUT2D eigenvalue weighted by atomic mass is 32.2. The highest BCUT2D eigenvalue weighted by molar-refractivity contribution is 7.89. The van der Waals surface area contributed by atoms with Crippen molar-refractivity contribution in [2.24, 2.45) is 10.6 Å². The Hall–Kier alpha value is -0.0900. The van der Waals surface area contributed by atoms with E-state index >= 15 is 0 Å². The Morgan fingerprint density at radius 2 is 2.00 bits per heavy atom. The summed E-state index contributed by atoms with van der Waals surface area (Å²) in [5.74, 6) is 0.188. The van der Waals surface area contributed by atoms with E-state index < -0.39 is 10.0 Å². The van der Waals surface area contributed by atoms with Crippen LogP contribution in [0.1, 0.15) is 39.0 Å². The molecule has 0 bridgehead atoms. The summed E-state index contributed by atoms with van der Waals surface area (Å²) in [7, 11) is -3.26. The zero-order valence-corrected chi connectivity index (χ0v) is 8.36. The van der Waals surface area contributed by atoms with Crippen LogP contribution >= 0.6 is 0 Å². The summed E-state index contributed by atoms with van der Waals surface area (Å²) >= 11 is 0. The van der Waals surface area contributed by atoms with Gasteiger partial charge in [0.2, 0.25) is 10.0 Å². The third-order valence-corrected chi connectivity index (χ3v) is 3.72. The van der Waals surface area contributed by atoms with Crippen molar-refractivity contribution in [2.75, 3.05) is 5.75 Å². The number of nitrogens with two attached hydrogens (primary N) is 1. The second kappa shape index (κ2) is 3.34. The van der Waals surface area contributed by atoms with Crippen LogP contribution < -0.4 is 5.14 Å². The fourth-order valence-electron chi connectivity index (χ4n) is 2.10. The van der Waals surface area contributed by atoms with Crippen LogP contribution in [0.15, 0.2) is 0 Å². The van der Waals surface area contributed by atoms with Gasteiger partial charge >= 0.3 is 0 Å². The lowest BCUT2D eigenvalue weighted by Gasteiger charge is -2.41. The van der Waals surface area contributed by atoms with Crippen LogP contribution in [-0.4, -0.2) is 14.2 Å². The van der Waals surface area contributed by atoms with Gasteiger partial charge in [0, 0.05) is 0 Å². The van der Waals surface area contributed by atoms with Gasteiger partial charge in [-0.1, -0.05) is 19.8 Å². The third kappa shape index (κ3) is 2.45. The lowest BCUT2D eigenvalue weighted by atomic mass is 9.68. The molecule has 0 radical (unpaired) electrons. The minimum Gasteiger partial charge on any atom is -0.229 e. The van der Waals surface area contributed by atoms with Gasteiger partial charge in [-0.25, -0.2) is 13.6 Å². The Morgan fingerprint density at radius 3 is 2.25 bits per heavy atom. The first-order valence-electron chi connectivity index (χ1n) is 4.48. The molecule has 0 aromatic heterocycles. The molecular formula is C8H17NO2S. The van der Waals surface area contributed by atoms with Crippen molar-refractivity contribution < 1.29 is 8.42 Å². The standard InChI is InChI=1S/C8H17NO2S/c1-2-4-8(5-3-6-8)7-12(9,10)11/h2-7H2,1H3,(H2,9,10,11). The summed E-state index contributed by atoms with van der Waals surface area (Å²) < 4.78 is 21.8. The maximum atomic E-state index is 10.9. The lowest BCUT2D eigenvalue weighted by molar-refractivity contribution is 0.149. The second-order valence-corrected chi connectivity index (χ2v) is 5.53. The molecule has 2 N–H and O–H groups in total. The van der Waals surface area contributed by atoms with Gasteiger partial charge in [0.05, 0.1) is 5.75 Å². The van der Waals surface area contributed by atoms with Crippen molar-refractivity contribution in [1.29, 1.82) is 0 Å². The molecule has 3 nitrogen and oxygen atoms in total. The van der Waals surface area contributed by atoms with E-state index in [0.717, 1.165) is 32.1 Å². The molecule has 0 atom stereocenters. The monoisotopic (exact) mass is 191 g/mol. The van der Waals surface area contributed by atoms with Crippen LogP contribution in [0.4, 0.5) is 0 Å². The molecule has 1 rings (SSSR count). The first-order valence-corrected chi connectivity index (χ1v) is 6.19. The van der Waals surface area contributed by atoms with E-state index in [1.165, 1.54) is 0 Å². The van der Waals surface area contributed by atoms with Gasteiger partial charge in [0.15, 0.2) is 0 Å². The fraction of sp³-hybridized carbons (Fsp3) is 1.00. The SMILES string of the molecule is CCCC1(CS(N)(=O)=O)CCC1. The van der Waals surface area contributed by atoms with Crippen LogP contribution in [-0.2, 0) is 10.0 Å². The van der Waals surface area contributed by atoms with Crippen molar-refractivity contribution in [1.82, 2.24) is 0 Å². The zero-order chi connectivity index (χ0) is 9.24. The predicted octanol–water partition coefficient (Wildman–Crippen LogP) is 1.25. The Bertz CT molecular complexity index is 242. The van der Waals surface area contributed by atoms with Crippen molar-refractivity contribution in [3.8, 4) is 0 Å². The van der Waals surface area contributed by atoms with E-state index in [1.54, 1.807) is 0 Å². The number of hydrogen-bond acceptors (Lipinski definition) is 2. The molecule has 72 valence electrons. The van der Waals surface area contributed by atoms with Gasteiger partial charge in [-0.2, -0.15) is 0 Å². The highest BCUT2D eigenvalue weighted by Crippen LogP contribution is 2.45. The predicted molar refractivity (Wildman–Crippen MR) is 49.2 cm³/mol. The Balaban J connectivity index is 2.56. The minimum absolute atomic E-state index is 0.0440. The van der Waals surface area contributed by atoms with Crippen LogP contribution in [0, 0.1) is 5.41 Å². The van der Waals surface area contributed by atoms with Gasteiger partial charge in [-0.15, -0.1) is 0 Å². The fourth-order valence-corrected chi connectivity index (χ4v) is 3.39. The maximum absolute atomic E-state index is 10.9. The molecule has 12 heavy (non-hydrogen) atoms. The minimum atomic E-state index is -3.26. The molecule has 0 aromatic rings. The number of rotatable bonds is 4. The van der Waals surface area contributed by atoms with Gasteiger partial charge in [-0.05, 0) is 24.7 Å². The summed E-state index contributed by atoms with van der Waals surface area (Å²) in [6.45, 7) is 2.09. The molecule has 0 spiro atoms. The lowest BCUT2D eigenvalue weighted by Crippen LogP contribution is -2.39. The molecule has 4 heteroatoms. The van der Waals surface area contributed by atoms with Crippen molar-refractivity contribution in [3.63, 3.8) is 0 Å². The van der Waals surface area contributed by atoms with Crippen molar-refractivity contribution in [2.45, 2.75) is 39.0 Å². The Kier molecular flexibility index (Phi) is 2.78. The average molecular weight is 191 g/mol. The Labute approximate surface area is 74.4 Å². The van der Waals surface area contributed by atoms with E-state index in [4.69, 9.17) is 5.14 Å². The van der Waals surface area contributed by atoms with E-state index in [-0.39, 0.29) is 11.2 Å². The van der Waals surface area contributed by atoms with Crippen LogP contribution in [0.2, 0.25) is 0 Å². The molecule has 1 fully saturated rings. The van der Waals surface area contributed by atoms with Gasteiger partial charge in [-0.3, -0.25) is 0 Å². The topological polar surface area (TPSA) is 60.2 Å². The maximum Gasteiger partial charge on any atom is 0.209 e. The molecule has 1 aliphatic carbocycles. The Morgan fingerprint density at radius 1 is 1.42 bits per heavy atom. The second-order valence-electron chi connectivity index (χ2n) is 3.91. The number of primary sulfonamides is 1. The molecular weight excluding hydrogens is 174 g/mol. The normalized spacial score (nSPS) is 21.8. The first kappa shape index (κ1) is 9.99. The van der Waals surface area contributed by atoms with Crippen molar-refractivity contribution in [3.05, 3.63) is 0 Å². The molecule has 0 saturated heterocycles. The number of sulfonamides is 1. The van der Waals surface area contributed by atoms with Gasteiger partial charge in [0.25, 0.3) is 0 Å². The van der Waals surface area contributed by atoms with Gasteiger partial charge < -0.3 is 0 Å². The molecule has 0 heterocycles. The third-order valence-electron chi connectivity index (χ3n) is 2.70. The molecule has 0 aromatic carbocycles. The quantitative estimate of drug-likeness (QED) is 0.727. The van der Waals surface area contributed by atoms with Crippen molar-refractivity contribution >= 4 is 10.0 Å². The molecule has 0 amide bonds. The summed E-state index contributed by atoms with van der Waals surface area (Å²) in [5, 5.41) is 5.03. The smallest absolute Gasteiger partial charge is 0.209 e. The summed E-state index contributed by atoms with van der Waals surface area (Å²) in [4.78, 5) is 0. The zero-order valence-electron chi connectivity index (χ0n) is 7.54. The highest BCUT2D eigenvalue weighted by Gasteiger charge is 2.38. The van der Waals surface area contributed by atoms with Crippen LogP contribution in [0.5, 0.6) is 0 Å². The number of hydrogen-bond donors (Lipinski definition) is 1. The average Bonchev–Trinajstić information content (AvgIpc) is 1.80. The molecule has 1 aliphatic rings. The van der Waals surface area contributed by atoms with E-state index in [1.807, 2.05) is 0 Å². The summed E-state index contributed by atoms with van der Waals surface area (Å²) in [6.07, 6.45) is 5.29. The van der Waals surface area contributed by atoms with Gasteiger partial charge in [0.1, 0.15) is 0 Å². The van der Waals surface area contributed by atoms with Crippen LogP contribution in [0.25, 0.3) is 0 Å². The van der Waals surface area contributed by atoms with E-state index in [2.05, 4.69) is 6.92 Å². The molecule has 0 aliphatic heterocycles.